The summed E-state index contributed by atoms with van der Waals surface area (Å²) < 4.78 is 7.48. The van der Waals surface area contributed by atoms with Crippen molar-refractivity contribution in [2.24, 2.45) is 0 Å². The minimum Gasteiger partial charge on any atom is -0.454 e. The second kappa shape index (κ2) is 19.2. The van der Waals surface area contributed by atoms with Gasteiger partial charge in [0.25, 0.3) is 0 Å². The predicted octanol–water partition coefficient (Wildman–Crippen LogP) is 22.6. The SMILES string of the molecule is Cc1ccc(N(c2ccc(C(C)(C)C)cc2)c2cc3c(c4ccccc24)-c2c(cc(N(c4ccc(C(C)(C)C)cc4)c4ccc(C)c(-c5ccccc5)c4)c4oc5ccccc5c24)C32c3ccccc3-c3ccccc32)cc1-c1ccccc1. The van der Waals surface area contributed by atoms with Crippen LogP contribution >= 0.6 is 0 Å². The fourth-order valence-corrected chi connectivity index (χ4v) is 14.1. The van der Waals surface area contributed by atoms with Crippen LogP contribution in [0.5, 0.6) is 0 Å². The minimum atomic E-state index is -0.771. The normalized spacial score (nSPS) is 13.1. The molecular weight excluding hydrogens is 1020 g/mol. The summed E-state index contributed by atoms with van der Waals surface area (Å²) in [6.07, 6.45) is 0. The van der Waals surface area contributed by atoms with Gasteiger partial charge in [-0.2, -0.15) is 0 Å². The number of aryl methyl sites for hydroxylation is 2. The van der Waals surface area contributed by atoms with Crippen molar-refractivity contribution in [2.75, 3.05) is 9.80 Å². The van der Waals surface area contributed by atoms with Gasteiger partial charge in [-0.25, -0.2) is 0 Å². The summed E-state index contributed by atoms with van der Waals surface area (Å²) >= 11 is 0. The average molecular weight is 1080 g/mol. The zero-order chi connectivity index (χ0) is 57.2. The number of hydrogen-bond donors (Lipinski definition) is 0. The Hall–Kier alpha value is -9.70. The Balaban J connectivity index is 1.09. The fraction of sp³-hybridized carbons (Fsp3) is 0.136. The quantitative estimate of drug-likeness (QED) is 0.151. The standard InChI is InChI=1S/C81H66N2O/c1-51-35-41-59(47-66(51)53-23-11-9-12-24-53)82(57-43-37-55(38-44-57)79(3,4)5)72-49-70-75(64-30-16-15-29-63(64)72)77-71(81(70)68-32-20-17-27-61(68)62-28-18-21-33-69(62)81)50-73(78-76(77)65-31-19-22-34-74(65)84-78)83(58-45-39-56(40-46-58)80(6,7)8)60-42-36-52(2)67(48-60)54-25-13-10-14-26-54/h9-50H,1-8H3. The van der Waals surface area contributed by atoms with E-state index in [0.29, 0.717) is 0 Å². The highest BCUT2D eigenvalue weighted by molar-refractivity contribution is 6.24. The monoisotopic (exact) mass is 1080 g/mol. The molecule has 1 spiro atoms. The van der Waals surface area contributed by atoms with Gasteiger partial charge in [-0.3, -0.25) is 0 Å². The third kappa shape index (κ3) is 7.86. The van der Waals surface area contributed by atoms with Crippen LogP contribution in [0, 0.1) is 13.8 Å². The second-order valence-electron chi connectivity index (χ2n) is 25.3. The Kier molecular flexibility index (Phi) is 11.7. The number of rotatable bonds is 8. The van der Waals surface area contributed by atoms with Crippen LogP contribution < -0.4 is 9.80 Å². The van der Waals surface area contributed by atoms with E-state index in [0.717, 1.165) is 56.1 Å². The molecule has 1 heterocycles. The molecule has 0 amide bonds. The van der Waals surface area contributed by atoms with E-state index in [1.165, 1.54) is 99.8 Å². The number of fused-ring (bicyclic) bond motifs is 16. The van der Waals surface area contributed by atoms with Crippen LogP contribution in [0.1, 0.15) is 86.1 Å². The van der Waals surface area contributed by atoms with E-state index >= 15 is 0 Å². The lowest BCUT2D eigenvalue weighted by Gasteiger charge is -2.34. The van der Waals surface area contributed by atoms with Gasteiger partial charge in [-0.1, -0.05) is 230 Å². The number of nitrogens with zero attached hydrogens (tertiary/aromatic N) is 2. The highest BCUT2D eigenvalue weighted by Crippen LogP contribution is 2.67. The predicted molar refractivity (Wildman–Crippen MR) is 355 cm³/mol. The Morgan fingerprint density at radius 2 is 0.750 bits per heavy atom. The molecule has 406 valence electrons. The molecule has 15 rings (SSSR count). The molecule has 0 aliphatic heterocycles. The molecule has 3 heteroatoms. The zero-order valence-corrected chi connectivity index (χ0v) is 49.1. The molecule has 0 radical (unpaired) electrons. The van der Waals surface area contributed by atoms with Gasteiger partial charge >= 0.3 is 0 Å². The van der Waals surface area contributed by atoms with Crippen LogP contribution in [0.4, 0.5) is 34.1 Å². The van der Waals surface area contributed by atoms with Crippen LogP contribution in [0.25, 0.3) is 77.2 Å². The number of para-hydroxylation sites is 1. The van der Waals surface area contributed by atoms with Gasteiger partial charge in [0.1, 0.15) is 5.58 Å². The molecule has 0 atom stereocenters. The minimum absolute atomic E-state index is 0.0219. The molecule has 0 unspecified atom stereocenters. The molecule has 0 saturated heterocycles. The Morgan fingerprint density at radius 1 is 0.333 bits per heavy atom. The van der Waals surface area contributed by atoms with Crippen LogP contribution in [0.15, 0.2) is 259 Å². The fourth-order valence-electron chi connectivity index (χ4n) is 14.1. The highest BCUT2D eigenvalue weighted by Gasteiger charge is 2.54. The number of benzene rings is 12. The average Bonchev–Trinajstić information content (AvgIpc) is 1.55. The number of anilines is 6. The lowest BCUT2D eigenvalue weighted by molar-refractivity contribution is 0.590. The van der Waals surface area contributed by atoms with E-state index in [4.69, 9.17) is 4.42 Å². The molecule has 84 heavy (non-hydrogen) atoms. The van der Waals surface area contributed by atoms with Crippen molar-refractivity contribution in [3.05, 3.63) is 299 Å². The van der Waals surface area contributed by atoms with Crippen molar-refractivity contribution in [1.29, 1.82) is 0 Å². The topological polar surface area (TPSA) is 19.6 Å². The van der Waals surface area contributed by atoms with Gasteiger partial charge in [0.2, 0.25) is 0 Å². The summed E-state index contributed by atoms with van der Waals surface area (Å²) in [5.41, 5.74) is 27.0. The first-order valence-corrected chi connectivity index (χ1v) is 29.7. The van der Waals surface area contributed by atoms with Crippen LogP contribution in [-0.4, -0.2) is 0 Å². The molecule has 13 aromatic rings. The smallest absolute Gasteiger partial charge is 0.160 e. The van der Waals surface area contributed by atoms with Crippen molar-refractivity contribution in [1.82, 2.24) is 0 Å². The Bertz CT molecular complexity index is 4700. The first-order chi connectivity index (χ1) is 40.8. The summed E-state index contributed by atoms with van der Waals surface area (Å²) in [4.78, 5) is 5.00. The molecule has 12 aromatic carbocycles. The maximum atomic E-state index is 7.48. The molecular formula is C81H66N2O. The summed E-state index contributed by atoms with van der Waals surface area (Å²) in [5, 5.41) is 4.56. The van der Waals surface area contributed by atoms with Gasteiger partial charge in [0.05, 0.1) is 16.8 Å². The Morgan fingerprint density at radius 3 is 1.27 bits per heavy atom. The zero-order valence-electron chi connectivity index (χ0n) is 49.1. The largest absolute Gasteiger partial charge is 0.454 e. The van der Waals surface area contributed by atoms with Crippen molar-refractivity contribution < 1.29 is 4.42 Å². The van der Waals surface area contributed by atoms with Gasteiger partial charge in [-0.15, -0.1) is 0 Å². The molecule has 0 N–H and O–H groups in total. The van der Waals surface area contributed by atoms with Crippen molar-refractivity contribution >= 4 is 66.8 Å². The maximum Gasteiger partial charge on any atom is 0.160 e. The van der Waals surface area contributed by atoms with Crippen molar-refractivity contribution in [2.45, 2.75) is 71.6 Å². The maximum absolute atomic E-state index is 7.48. The van der Waals surface area contributed by atoms with E-state index in [1.54, 1.807) is 0 Å². The van der Waals surface area contributed by atoms with Crippen molar-refractivity contribution in [3.63, 3.8) is 0 Å². The van der Waals surface area contributed by atoms with E-state index in [2.05, 4.69) is 320 Å². The molecule has 2 aliphatic carbocycles. The molecule has 2 aliphatic rings. The first kappa shape index (κ1) is 51.2. The molecule has 0 bridgehead atoms. The van der Waals surface area contributed by atoms with E-state index in [-0.39, 0.29) is 10.8 Å². The van der Waals surface area contributed by atoms with Gasteiger partial charge in [-0.05, 0) is 186 Å². The lowest BCUT2D eigenvalue weighted by atomic mass is 9.70. The number of hydrogen-bond acceptors (Lipinski definition) is 3. The van der Waals surface area contributed by atoms with Gasteiger partial charge < -0.3 is 14.2 Å². The van der Waals surface area contributed by atoms with Crippen LogP contribution in [0.3, 0.4) is 0 Å². The third-order valence-electron chi connectivity index (χ3n) is 18.3. The summed E-state index contributed by atoms with van der Waals surface area (Å²) in [6, 6.07) is 95.6. The number of furan rings is 1. The van der Waals surface area contributed by atoms with Crippen molar-refractivity contribution in [3.8, 4) is 44.5 Å². The summed E-state index contributed by atoms with van der Waals surface area (Å²) in [5.74, 6) is 0. The highest BCUT2D eigenvalue weighted by atomic mass is 16.3. The molecule has 3 nitrogen and oxygen atoms in total. The Labute approximate surface area is 493 Å². The van der Waals surface area contributed by atoms with E-state index in [9.17, 15) is 0 Å². The second-order valence-corrected chi connectivity index (χ2v) is 25.3. The summed E-state index contributed by atoms with van der Waals surface area (Å²) in [6.45, 7) is 18.2. The van der Waals surface area contributed by atoms with E-state index in [1.807, 2.05) is 0 Å². The molecule has 0 saturated carbocycles. The van der Waals surface area contributed by atoms with Gasteiger partial charge in [0, 0.05) is 38.9 Å². The van der Waals surface area contributed by atoms with E-state index < -0.39 is 5.41 Å². The molecule has 0 fully saturated rings. The lowest BCUT2D eigenvalue weighted by Crippen LogP contribution is -2.26. The van der Waals surface area contributed by atoms with Gasteiger partial charge in [0.15, 0.2) is 5.58 Å². The van der Waals surface area contributed by atoms with Crippen LogP contribution in [-0.2, 0) is 16.2 Å². The summed E-state index contributed by atoms with van der Waals surface area (Å²) in [7, 11) is 0. The third-order valence-corrected chi connectivity index (χ3v) is 18.3. The molecule has 1 aromatic heterocycles. The first-order valence-electron chi connectivity index (χ1n) is 29.7. The van der Waals surface area contributed by atoms with Crippen LogP contribution in [0.2, 0.25) is 0 Å².